The van der Waals surface area contributed by atoms with Crippen LogP contribution < -0.4 is 4.74 Å². The van der Waals surface area contributed by atoms with Gasteiger partial charge in [-0.3, -0.25) is 4.79 Å². The summed E-state index contributed by atoms with van der Waals surface area (Å²) in [6.45, 7) is 2.26. The number of hydrogen-bond donors (Lipinski definition) is 0. The van der Waals surface area contributed by atoms with Crippen molar-refractivity contribution in [3.8, 4) is 5.75 Å². The number of halogens is 1. The molecule has 0 spiro atoms. The number of ketones is 1. The van der Waals surface area contributed by atoms with Crippen molar-refractivity contribution in [2.75, 3.05) is 6.61 Å². The molecule has 0 N–H and O–H groups in total. The molecule has 102 valence electrons. The monoisotopic (exact) mass is 270 g/mol. The number of carbonyl (C=O) groups excluding carboxylic acids is 1. The normalized spacial score (nSPS) is 13.5. The molecule has 0 fully saturated rings. The lowest BCUT2D eigenvalue weighted by Gasteiger charge is -2.19. The van der Waals surface area contributed by atoms with Crippen molar-refractivity contribution in [3.63, 3.8) is 0 Å². The minimum absolute atomic E-state index is 0.104. The fraction of sp³-hybridized carbons (Fsp3) is 0.235. The predicted molar refractivity (Wildman–Crippen MR) is 74.8 cm³/mol. The van der Waals surface area contributed by atoms with Crippen LogP contribution in [0.4, 0.5) is 4.39 Å². The third-order valence-corrected chi connectivity index (χ3v) is 3.61. The first-order valence-corrected chi connectivity index (χ1v) is 6.73. The van der Waals surface area contributed by atoms with E-state index in [9.17, 15) is 9.18 Å². The smallest absolute Gasteiger partial charge is 0.199 e. The maximum atomic E-state index is 14.1. The van der Waals surface area contributed by atoms with Crippen LogP contribution in [-0.2, 0) is 6.42 Å². The van der Waals surface area contributed by atoms with Crippen molar-refractivity contribution in [2.24, 2.45) is 0 Å². The number of carbonyl (C=O) groups is 1. The van der Waals surface area contributed by atoms with E-state index in [0.29, 0.717) is 23.5 Å². The third-order valence-electron chi connectivity index (χ3n) is 3.61. The maximum Gasteiger partial charge on any atom is 0.199 e. The van der Waals surface area contributed by atoms with Gasteiger partial charge in [0.1, 0.15) is 11.6 Å². The van der Waals surface area contributed by atoms with Crippen molar-refractivity contribution >= 4 is 5.78 Å². The van der Waals surface area contributed by atoms with Crippen molar-refractivity contribution in [1.82, 2.24) is 0 Å². The van der Waals surface area contributed by atoms with Gasteiger partial charge >= 0.3 is 0 Å². The number of hydrogen-bond acceptors (Lipinski definition) is 2. The minimum atomic E-state index is -0.453. The zero-order valence-corrected chi connectivity index (χ0v) is 11.3. The molecule has 1 heterocycles. The van der Waals surface area contributed by atoms with Crippen LogP contribution in [0.3, 0.4) is 0 Å². The number of fused-ring (bicyclic) bond motifs is 1. The van der Waals surface area contributed by atoms with Crippen molar-refractivity contribution in [2.45, 2.75) is 19.8 Å². The summed E-state index contributed by atoms with van der Waals surface area (Å²) in [5.41, 5.74) is 2.05. The van der Waals surface area contributed by atoms with Gasteiger partial charge in [-0.05, 0) is 43.0 Å². The molecule has 20 heavy (non-hydrogen) atoms. The highest BCUT2D eigenvalue weighted by molar-refractivity contribution is 6.11. The Bertz CT molecular complexity index is 677. The summed E-state index contributed by atoms with van der Waals surface area (Å²) in [7, 11) is 0. The molecule has 1 aliphatic rings. The summed E-state index contributed by atoms with van der Waals surface area (Å²) < 4.78 is 19.7. The lowest BCUT2D eigenvalue weighted by molar-refractivity contribution is 0.103. The molecule has 3 heteroatoms. The summed E-state index contributed by atoms with van der Waals surface area (Å²) in [6.07, 6.45) is 1.84. The van der Waals surface area contributed by atoms with E-state index in [1.165, 1.54) is 6.07 Å². The Morgan fingerprint density at radius 2 is 1.90 bits per heavy atom. The number of ether oxygens (including phenoxy) is 1. The zero-order valence-electron chi connectivity index (χ0n) is 11.3. The highest BCUT2D eigenvalue weighted by Crippen LogP contribution is 2.31. The van der Waals surface area contributed by atoms with Gasteiger partial charge in [-0.2, -0.15) is 0 Å². The third kappa shape index (κ3) is 2.09. The lowest BCUT2D eigenvalue weighted by atomic mass is 9.96. The molecule has 1 aliphatic heterocycles. The number of benzene rings is 2. The molecule has 0 radical (unpaired) electrons. The van der Waals surface area contributed by atoms with E-state index in [1.54, 1.807) is 25.1 Å². The molecule has 2 aromatic carbocycles. The second-order valence-electron chi connectivity index (χ2n) is 5.01. The standard InChI is InChI=1S/C17H15FO2/c1-11-5-2-8-13(15(11)18)16(19)14-9-3-6-12-7-4-10-20-17(12)14/h2-3,5-6,8-9H,4,7,10H2,1H3. The van der Waals surface area contributed by atoms with Crippen LogP contribution in [0.15, 0.2) is 36.4 Å². The highest BCUT2D eigenvalue weighted by atomic mass is 19.1. The van der Waals surface area contributed by atoms with E-state index < -0.39 is 5.82 Å². The Kier molecular flexibility index (Phi) is 3.26. The van der Waals surface area contributed by atoms with Gasteiger partial charge in [-0.15, -0.1) is 0 Å². The summed E-state index contributed by atoms with van der Waals surface area (Å²) in [5.74, 6) is -0.152. The zero-order chi connectivity index (χ0) is 14.1. The van der Waals surface area contributed by atoms with Gasteiger partial charge in [0.15, 0.2) is 5.78 Å². The first kappa shape index (κ1) is 12.9. The fourth-order valence-electron chi connectivity index (χ4n) is 2.54. The largest absolute Gasteiger partial charge is 0.493 e. The second-order valence-corrected chi connectivity index (χ2v) is 5.01. The van der Waals surface area contributed by atoms with Crippen LogP contribution in [-0.4, -0.2) is 12.4 Å². The molecule has 0 saturated heterocycles. The van der Waals surface area contributed by atoms with Crippen LogP contribution in [0.1, 0.15) is 33.5 Å². The van der Waals surface area contributed by atoms with Crippen molar-refractivity contribution in [1.29, 1.82) is 0 Å². The van der Waals surface area contributed by atoms with Crippen molar-refractivity contribution in [3.05, 3.63) is 64.5 Å². The molecule has 3 rings (SSSR count). The first-order chi connectivity index (χ1) is 9.68. The van der Waals surface area contributed by atoms with Gasteiger partial charge in [-0.25, -0.2) is 4.39 Å². The van der Waals surface area contributed by atoms with Gasteiger partial charge in [0, 0.05) is 0 Å². The summed E-state index contributed by atoms with van der Waals surface area (Å²) in [6, 6.07) is 10.4. The van der Waals surface area contributed by atoms with Crippen molar-refractivity contribution < 1.29 is 13.9 Å². The minimum Gasteiger partial charge on any atom is -0.493 e. The highest BCUT2D eigenvalue weighted by Gasteiger charge is 2.22. The Hall–Kier alpha value is -2.16. The molecule has 0 aromatic heterocycles. The Morgan fingerprint density at radius 3 is 2.75 bits per heavy atom. The fourth-order valence-corrected chi connectivity index (χ4v) is 2.54. The molecular weight excluding hydrogens is 255 g/mol. The molecule has 0 bridgehead atoms. The SMILES string of the molecule is Cc1cccc(C(=O)c2cccc3c2OCCC3)c1F. The summed E-state index contributed by atoms with van der Waals surface area (Å²) in [5, 5.41) is 0. The van der Waals surface area contributed by atoms with E-state index in [4.69, 9.17) is 4.74 Å². The van der Waals surface area contributed by atoms with Gasteiger partial charge in [0.25, 0.3) is 0 Å². The van der Waals surface area contributed by atoms with Crippen LogP contribution in [0.5, 0.6) is 5.75 Å². The summed E-state index contributed by atoms with van der Waals surface area (Å²) in [4.78, 5) is 12.6. The van der Waals surface area contributed by atoms with E-state index in [1.807, 2.05) is 12.1 Å². The number of rotatable bonds is 2. The Balaban J connectivity index is 2.09. The second kappa shape index (κ2) is 5.08. The maximum absolute atomic E-state index is 14.1. The van der Waals surface area contributed by atoms with E-state index in [2.05, 4.69) is 0 Å². The molecule has 0 amide bonds. The number of para-hydroxylation sites is 1. The van der Waals surface area contributed by atoms with Crippen LogP contribution in [0.2, 0.25) is 0 Å². The van der Waals surface area contributed by atoms with Crippen LogP contribution in [0.25, 0.3) is 0 Å². The van der Waals surface area contributed by atoms with Crippen LogP contribution >= 0.6 is 0 Å². The predicted octanol–water partition coefficient (Wildman–Crippen LogP) is 3.69. The van der Waals surface area contributed by atoms with Gasteiger partial charge < -0.3 is 4.74 Å². The topological polar surface area (TPSA) is 26.3 Å². The Labute approximate surface area is 117 Å². The molecular formula is C17H15FO2. The molecule has 0 aliphatic carbocycles. The van der Waals surface area contributed by atoms with E-state index in [-0.39, 0.29) is 11.3 Å². The van der Waals surface area contributed by atoms with Gasteiger partial charge in [0.2, 0.25) is 0 Å². The number of aryl methyl sites for hydroxylation is 2. The average molecular weight is 270 g/mol. The molecule has 2 nitrogen and oxygen atoms in total. The van der Waals surface area contributed by atoms with E-state index >= 15 is 0 Å². The van der Waals surface area contributed by atoms with Gasteiger partial charge in [0.05, 0.1) is 17.7 Å². The first-order valence-electron chi connectivity index (χ1n) is 6.73. The molecule has 0 saturated carbocycles. The molecule has 0 atom stereocenters. The quantitative estimate of drug-likeness (QED) is 0.778. The van der Waals surface area contributed by atoms with Gasteiger partial charge in [-0.1, -0.05) is 24.3 Å². The average Bonchev–Trinajstić information content (AvgIpc) is 2.49. The summed E-state index contributed by atoms with van der Waals surface area (Å²) >= 11 is 0. The molecule has 0 unspecified atom stereocenters. The van der Waals surface area contributed by atoms with E-state index in [0.717, 1.165) is 18.4 Å². The van der Waals surface area contributed by atoms with Crippen LogP contribution in [0, 0.1) is 12.7 Å². The Morgan fingerprint density at radius 1 is 1.15 bits per heavy atom. The lowest BCUT2D eigenvalue weighted by Crippen LogP contribution is -2.14. The molecule has 2 aromatic rings.